The van der Waals surface area contributed by atoms with Crippen LogP contribution in [0.15, 0.2) is 18.2 Å². The highest BCUT2D eigenvalue weighted by Crippen LogP contribution is 2.18. The second-order valence-electron chi connectivity index (χ2n) is 5.58. The zero-order valence-corrected chi connectivity index (χ0v) is 12.7. The quantitative estimate of drug-likeness (QED) is 0.759. The Balaban J connectivity index is 2.66. The van der Waals surface area contributed by atoms with Gasteiger partial charge in [-0.15, -0.1) is 0 Å². The van der Waals surface area contributed by atoms with E-state index >= 15 is 0 Å². The lowest BCUT2D eigenvalue weighted by molar-refractivity contribution is 0.364. The van der Waals surface area contributed by atoms with E-state index in [0.717, 1.165) is 6.54 Å². The molecular formula is C17H29N. The third-order valence-electron chi connectivity index (χ3n) is 3.83. The number of nitrogens with one attached hydrogen (secondary N) is 1. The highest BCUT2D eigenvalue weighted by molar-refractivity contribution is 5.30. The Morgan fingerprint density at radius 2 is 1.89 bits per heavy atom. The van der Waals surface area contributed by atoms with Crippen molar-refractivity contribution >= 4 is 0 Å². The van der Waals surface area contributed by atoms with Crippen LogP contribution in [0.4, 0.5) is 0 Å². The van der Waals surface area contributed by atoms with E-state index in [9.17, 15) is 0 Å². The molecule has 0 saturated carbocycles. The van der Waals surface area contributed by atoms with Crippen LogP contribution >= 0.6 is 0 Å². The van der Waals surface area contributed by atoms with Crippen LogP contribution in [0.2, 0.25) is 0 Å². The lowest BCUT2D eigenvalue weighted by Crippen LogP contribution is -2.36. The summed E-state index contributed by atoms with van der Waals surface area (Å²) in [5.41, 5.74) is 4.31. The SMILES string of the molecule is CCCNC(CC)C(C)Cc1cc(C)ccc1C. The molecule has 18 heavy (non-hydrogen) atoms. The molecule has 2 unspecified atom stereocenters. The minimum absolute atomic E-state index is 0.643. The number of hydrogen-bond acceptors (Lipinski definition) is 1. The lowest BCUT2D eigenvalue weighted by Gasteiger charge is -2.25. The predicted octanol–water partition coefficient (Wildman–Crippen LogP) is 4.26. The van der Waals surface area contributed by atoms with Crippen LogP contribution in [0.3, 0.4) is 0 Å². The average molecular weight is 247 g/mol. The highest BCUT2D eigenvalue weighted by Gasteiger charge is 2.15. The molecule has 102 valence electrons. The third-order valence-corrected chi connectivity index (χ3v) is 3.83. The van der Waals surface area contributed by atoms with Crippen LogP contribution in [0.25, 0.3) is 0 Å². The lowest BCUT2D eigenvalue weighted by atomic mass is 9.90. The van der Waals surface area contributed by atoms with Gasteiger partial charge in [0, 0.05) is 6.04 Å². The fourth-order valence-electron chi connectivity index (χ4n) is 2.59. The Bertz CT molecular complexity index is 357. The van der Waals surface area contributed by atoms with Crippen molar-refractivity contribution < 1.29 is 0 Å². The Kier molecular flexibility index (Phi) is 6.42. The summed E-state index contributed by atoms with van der Waals surface area (Å²) in [5.74, 6) is 0.696. The van der Waals surface area contributed by atoms with Gasteiger partial charge in [-0.25, -0.2) is 0 Å². The number of aryl methyl sites for hydroxylation is 2. The Labute approximate surface area is 113 Å². The Morgan fingerprint density at radius 1 is 1.17 bits per heavy atom. The van der Waals surface area contributed by atoms with Gasteiger partial charge in [0.15, 0.2) is 0 Å². The molecule has 2 atom stereocenters. The summed E-state index contributed by atoms with van der Waals surface area (Å²) in [6.45, 7) is 12.4. The molecular weight excluding hydrogens is 218 g/mol. The molecule has 0 fully saturated rings. The van der Waals surface area contributed by atoms with E-state index in [2.05, 4.69) is 58.1 Å². The summed E-state index contributed by atoms with van der Waals surface area (Å²) >= 11 is 0. The first kappa shape index (κ1) is 15.2. The summed E-state index contributed by atoms with van der Waals surface area (Å²) in [6, 6.07) is 7.44. The molecule has 0 aliphatic heterocycles. The molecule has 0 aliphatic rings. The van der Waals surface area contributed by atoms with Crippen LogP contribution < -0.4 is 5.32 Å². The zero-order chi connectivity index (χ0) is 13.5. The molecule has 1 rings (SSSR count). The summed E-state index contributed by atoms with van der Waals surface area (Å²) in [6.07, 6.45) is 3.61. The first-order valence-electron chi connectivity index (χ1n) is 7.38. The van der Waals surface area contributed by atoms with Gasteiger partial charge in [0.25, 0.3) is 0 Å². The van der Waals surface area contributed by atoms with Crippen LogP contribution in [0.5, 0.6) is 0 Å². The van der Waals surface area contributed by atoms with Crippen LogP contribution in [-0.4, -0.2) is 12.6 Å². The van der Waals surface area contributed by atoms with E-state index in [0.29, 0.717) is 12.0 Å². The molecule has 0 bridgehead atoms. The van der Waals surface area contributed by atoms with E-state index in [1.807, 2.05) is 0 Å². The summed E-state index contributed by atoms with van der Waals surface area (Å²) in [7, 11) is 0. The molecule has 1 N–H and O–H groups in total. The molecule has 1 aromatic rings. The monoisotopic (exact) mass is 247 g/mol. The molecule has 0 aromatic heterocycles. The molecule has 0 aliphatic carbocycles. The molecule has 0 spiro atoms. The van der Waals surface area contributed by atoms with Gasteiger partial charge >= 0.3 is 0 Å². The maximum Gasteiger partial charge on any atom is 0.00932 e. The summed E-state index contributed by atoms with van der Waals surface area (Å²) < 4.78 is 0. The first-order chi connectivity index (χ1) is 8.58. The second kappa shape index (κ2) is 7.58. The molecule has 1 heteroatoms. The fourth-order valence-corrected chi connectivity index (χ4v) is 2.59. The van der Waals surface area contributed by atoms with Crippen LogP contribution in [0.1, 0.15) is 50.3 Å². The maximum absolute atomic E-state index is 3.67. The molecule has 1 aromatic carbocycles. The van der Waals surface area contributed by atoms with Gasteiger partial charge < -0.3 is 5.32 Å². The number of hydrogen-bond donors (Lipinski definition) is 1. The largest absolute Gasteiger partial charge is 0.314 e. The van der Waals surface area contributed by atoms with Crippen molar-refractivity contribution in [1.82, 2.24) is 5.32 Å². The van der Waals surface area contributed by atoms with E-state index in [4.69, 9.17) is 0 Å². The zero-order valence-electron chi connectivity index (χ0n) is 12.7. The van der Waals surface area contributed by atoms with Gasteiger partial charge in [-0.2, -0.15) is 0 Å². The van der Waals surface area contributed by atoms with Crippen molar-refractivity contribution in [2.45, 2.75) is 59.9 Å². The van der Waals surface area contributed by atoms with Gasteiger partial charge in [-0.1, -0.05) is 44.5 Å². The van der Waals surface area contributed by atoms with Crippen LogP contribution in [0, 0.1) is 19.8 Å². The first-order valence-corrected chi connectivity index (χ1v) is 7.38. The van der Waals surface area contributed by atoms with E-state index in [1.165, 1.54) is 36.0 Å². The minimum Gasteiger partial charge on any atom is -0.314 e. The Hall–Kier alpha value is -0.820. The smallest absolute Gasteiger partial charge is 0.00932 e. The topological polar surface area (TPSA) is 12.0 Å². The third kappa shape index (κ3) is 4.45. The normalized spacial score (nSPS) is 14.5. The molecule has 0 heterocycles. The van der Waals surface area contributed by atoms with Crippen molar-refractivity contribution in [3.8, 4) is 0 Å². The van der Waals surface area contributed by atoms with Gasteiger partial charge in [-0.05, 0) is 56.7 Å². The molecule has 0 radical (unpaired) electrons. The number of benzene rings is 1. The van der Waals surface area contributed by atoms with Crippen molar-refractivity contribution in [2.75, 3.05) is 6.54 Å². The standard InChI is InChI=1S/C17H29N/c1-6-10-18-17(7-2)15(5)12-16-11-13(3)8-9-14(16)4/h8-9,11,15,17-18H,6-7,10,12H2,1-5H3. The van der Waals surface area contributed by atoms with Gasteiger partial charge in [0.2, 0.25) is 0 Å². The predicted molar refractivity (Wildman–Crippen MR) is 81.2 cm³/mol. The molecule has 0 saturated heterocycles. The Morgan fingerprint density at radius 3 is 2.50 bits per heavy atom. The second-order valence-corrected chi connectivity index (χ2v) is 5.58. The maximum atomic E-state index is 3.67. The summed E-state index contributed by atoms with van der Waals surface area (Å²) in [5, 5.41) is 3.67. The van der Waals surface area contributed by atoms with E-state index in [-0.39, 0.29) is 0 Å². The van der Waals surface area contributed by atoms with Gasteiger partial charge in [-0.3, -0.25) is 0 Å². The molecule has 1 nitrogen and oxygen atoms in total. The molecule has 0 amide bonds. The van der Waals surface area contributed by atoms with Crippen molar-refractivity contribution in [3.05, 3.63) is 34.9 Å². The minimum atomic E-state index is 0.643. The number of rotatable bonds is 7. The van der Waals surface area contributed by atoms with Crippen molar-refractivity contribution in [1.29, 1.82) is 0 Å². The van der Waals surface area contributed by atoms with E-state index < -0.39 is 0 Å². The summed E-state index contributed by atoms with van der Waals surface area (Å²) in [4.78, 5) is 0. The van der Waals surface area contributed by atoms with Crippen molar-refractivity contribution in [3.63, 3.8) is 0 Å². The van der Waals surface area contributed by atoms with E-state index in [1.54, 1.807) is 0 Å². The van der Waals surface area contributed by atoms with Gasteiger partial charge in [0.05, 0.1) is 0 Å². The fraction of sp³-hybridized carbons (Fsp3) is 0.647. The average Bonchev–Trinajstić information content (AvgIpc) is 2.35. The van der Waals surface area contributed by atoms with Crippen LogP contribution in [-0.2, 0) is 6.42 Å². The highest BCUT2D eigenvalue weighted by atomic mass is 14.9. The van der Waals surface area contributed by atoms with Crippen molar-refractivity contribution in [2.24, 2.45) is 5.92 Å². The van der Waals surface area contributed by atoms with Gasteiger partial charge in [0.1, 0.15) is 0 Å².